The highest BCUT2D eigenvalue weighted by Crippen LogP contribution is 2.30. The number of aliphatic hydroxyl groups is 1. The molecule has 0 saturated carbocycles. The van der Waals surface area contributed by atoms with E-state index in [1.54, 1.807) is 10.9 Å². The molecule has 0 amide bonds. The summed E-state index contributed by atoms with van der Waals surface area (Å²) in [4.78, 5) is 0. The molecule has 2 N–H and O–H groups in total. The molecular formula is C12H13Br2N3O. The Morgan fingerprint density at radius 3 is 2.61 bits per heavy atom. The summed E-state index contributed by atoms with van der Waals surface area (Å²) in [6, 6.07) is 7.68. The zero-order valence-corrected chi connectivity index (χ0v) is 12.7. The average Bonchev–Trinajstić information content (AvgIpc) is 2.81. The first-order chi connectivity index (χ1) is 8.66. The third-order valence-electron chi connectivity index (χ3n) is 2.43. The summed E-state index contributed by atoms with van der Waals surface area (Å²) in [6.45, 7) is 0.934. The van der Waals surface area contributed by atoms with Gasteiger partial charge >= 0.3 is 0 Å². The van der Waals surface area contributed by atoms with Crippen LogP contribution in [0.2, 0.25) is 0 Å². The molecule has 6 heteroatoms. The van der Waals surface area contributed by atoms with E-state index in [1.807, 2.05) is 30.5 Å². The van der Waals surface area contributed by atoms with E-state index in [4.69, 9.17) is 0 Å². The minimum absolute atomic E-state index is 0.459. The fourth-order valence-electron chi connectivity index (χ4n) is 1.58. The van der Waals surface area contributed by atoms with E-state index in [-0.39, 0.29) is 0 Å². The smallest absolute Gasteiger partial charge is 0.0907 e. The number of nitrogens with one attached hydrogen (secondary N) is 1. The molecule has 18 heavy (non-hydrogen) atoms. The molecule has 0 aliphatic carbocycles. The molecule has 1 aromatic carbocycles. The number of aliphatic hydroxyl groups excluding tert-OH is 1. The molecule has 1 heterocycles. The van der Waals surface area contributed by atoms with Crippen LogP contribution in [0.5, 0.6) is 0 Å². The van der Waals surface area contributed by atoms with Crippen molar-refractivity contribution >= 4 is 37.5 Å². The quantitative estimate of drug-likeness (QED) is 0.845. The topological polar surface area (TPSA) is 50.1 Å². The molecule has 1 atom stereocenters. The van der Waals surface area contributed by atoms with Crippen molar-refractivity contribution in [3.05, 3.63) is 45.6 Å². The Kier molecular flexibility index (Phi) is 4.79. The van der Waals surface area contributed by atoms with Crippen LogP contribution in [0.1, 0.15) is 0 Å². The van der Waals surface area contributed by atoms with Crippen molar-refractivity contribution in [2.24, 2.45) is 0 Å². The van der Waals surface area contributed by atoms with Gasteiger partial charge in [-0.25, -0.2) is 0 Å². The second-order valence-electron chi connectivity index (χ2n) is 3.86. The maximum absolute atomic E-state index is 9.91. The Morgan fingerprint density at radius 1 is 1.28 bits per heavy atom. The summed E-state index contributed by atoms with van der Waals surface area (Å²) < 4.78 is 3.63. The van der Waals surface area contributed by atoms with E-state index in [0.29, 0.717) is 13.1 Å². The van der Waals surface area contributed by atoms with Gasteiger partial charge in [-0.3, -0.25) is 4.68 Å². The number of aromatic nitrogens is 2. The lowest BCUT2D eigenvalue weighted by atomic mass is 10.3. The van der Waals surface area contributed by atoms with Gasteiger partial charge < -0.3 is 10.4 Å². The van der Waals surface area contributed by atoms with Crippen LogP contribution in [0.4, 0.5) is 5.69 Å². The average molecular weight is 375 g/mol. The van der Waals surface area contributed by atoms with E-state index in [1.165, 1.54) is 0 Å². The van der Waals surface area contributed by atoms with Gasteiger partial charge in [-0.1, -0.05) is 6.07 Å². The number of hydrogen-bond acceptors (Lipinski definition) is 3. The zero-order valence-electron chi connectivity index (χ0n) is 9.55. The van der Waals surface area contributed by atoms with Crippen molar-refractivity contribution in [3.63, 3.8) is 0 Å². The molecular weight excluding hydrogens is 362 g/mol. The highest BCUT2D eigenvalue weighted by molar-refractivity contribution is 9.11. The molecule has 0 aliphatic heterocycles. The molecule has 1 unspecified atom stereocenters. The molecule has 0 fully saturated rings. The van der Waals surface area contributed by atoms with E-state index in [9.17, 15) is 5.11 Å². The second-order valence-corrected chi connectivity index (χ2v) is 5.57. The van der Waals surface area contributed by atoms with Gasteiger partial charge in [0.15, 0.2) is 0 Å². The van der Waals surface area contributed by atoms with Gasteiger partial charge in [0.25, 0.3) is 0 Å². The van der Waals surface area contributed by atoms with Crippen molar-refractivity contribution < 1.29 is 5.11 Å². The molecule has 0 saturated heterocycles. The van der Waals surface area contributed by atoms with Crippen molar-refractivity contribution in [2.75, 3.05) is 11.9 Å². The SMILES string of the molecule is OC(CNc1c(Br)cccc1Br)Cn1cccn1. The number of anilines is 1. The molecule has 0 radical (unpaired) electrons. The van der Waals surface area contributed by atoms with Crippen molar-refractivity contribution in [1.29, 1.82) is 0 Å². The van der Waals surface area contributed by atoms with Crippen LogP contribution >= 0.6 is 31.9 Å². The Balaban J connectivity index is 1.91. The second kappa shape index (κ2) is 6.36. The summed E-state index contributed by atoms with van der Waals surface area (Å²) in [6.07, 6.45) is 3.03. The summed E-state index contributed by atoms with van der Waals surface area (Å²) >= 11 is 6.93. The number of halogens is 2. The molecule has 0 spiro atoms. The molecule has 1 aromatic heterocycles. The summed E-state index contributed by atoms with van der Waals surface area (Å²) in [5, 5.41) is 17.2. The zero-order chi connectivity index (χ0) is 13.0. The van der Waals surface area contributed by atoms with Gasteiger partial charge in [-0.05, 0) is 50.1 Å². The number of nitrogens with zero attached hydrogens (tertiary/aromatic N) is 2. The fraction of sp³-hybridized carbons (Fsp3) is 0.250. The largest absolute Gasteiger partial charge is 0.389 e. The van der Waals surface area contributed by atoms with Crippen LogP contribution in [0, 0.1) is 0 Å². The summed E-state index contributed by atoms with van der Waals surface area (Å²) in [5.74, 6) is 0. The lowest BCUT2D eigenvalue weighted by Gasteiger charge is -2.15. The Hall–Kier alpha value is -0.850. The third kappa shape index (κ3) is 3.57. The molecule has 2 aromatic rings. The van der Waals surface area contributed by atoms with Crippen molar-refractivity contribution in [2.45, 2.75) is 12.6 Å². The Bertz CT molecular complexity index is 482. The minimum Gasteiger partial charge on any atom is -0.389 e. The maximum Gasteiger partial charge on any atom is 0.0907 e. The lowest BCUT2D eigenvalue weighted by molar-refractivity contribution is 0.161. The normalized spacial score (nSPS) is 12.4. The van der Waals surface area contributed by atoms with E-state index in [0.717, 1.165) is 14.6 Å². The van der Waals surface area contributed by atoms with Crippen LogP contribution in [0.15, 0.2) is 45.6 Å². The van der Waals surface area contributed by atoms with Gasteiger partial charge in [-0.15, -0.1) is 0 Å². The van der Waals surface area contributed by atoms with E-state index < -0.39 is 6.10 Å². The number of rotatable bonds is 5. The van der Waals surface area contributed by atoms with Gasteiger partial charge in [-0.2, -0.15) is 5.10 Å². The molecule has 96 valence electrons. The summed E-state index contributed by atoms with van der Waals surface area (Å²) in [5.41, 5.74) is 0.942. The van der Waals surface area contributed by atoms with Gasteiger partial charge in [0.1, 0.15) is 0 Å². The van der Waals surface area contributed by atoms with E-state index >= 15 is 0 Å². The number of para-hydroxylation sites is 1. The van der Waals surface area contributed by atoms with Gasteiger partial charge in [0.05, 0.1) is 18.3 Å². The summed E-state index contributed by atoms with van der Waals surface area (Å²) in [7, 11) is 0. The van der Waals surface area contributed by atoms with Crippen LogP contribution in [0.25, 0.3) is 0 Å². The van der Waals surface area contributed by atoms with Crippen LogP contribution in [-0.2, 0) is 6.54 Å². The maximum atomic E-state index is 9.91. The first-order valence-corrected chi connectivity index (χ1v) is 7.09. The predicted molar refractivity (Wildman–Crippen MR) is 78.6 cm³/mol. The first-order valence-electron chi connectivity index (χ1n) is 5.50. The van der Waals surface area contributed by atoms with Crippen molar-refractivity contribution in [1.82, 2.24) is 9.78 Å². The van der Waals surface area contributed by atoms with Crippen LogP contribution < -0.4 is 5.32 Å². The van der Waals surface area contributed by atoms with Gasteiger partial charge in [0.2, 0.25) is 0 Å². The molecule has 4 nitrogen and oxygen atoms in total. The Morgan fingerprint density at radius 2 is 2.00 bits per heavy atom. The third-order valence-corrected chi connectivity index (χ3v) is 3.76. The molecule has 2 rings (SSSR count). The number of benzene rings is 1. The van der Waals surface area contributed by atoms with Crippen LogP contribution in [-0.4, -0.2) is 27.5 Å². The van der Waals surface area contributed by atoms with Crippen LogP contribution in [0.3, 0.4) is 0 Å². The highest BCUT2D eigenvalue weighted by atomic mass is 79.9. The monoisotopic (exact) mass is 373 g/mol. The van der Waals surface area contributed by atoms with Gasteiger partial charge in [0, 0.05) is 27.9 Å². The molecule has 0 aliphatic rings. The standard InChI is InChI=1S/C12H13Br2N3O/c13-10-3-1-4-11(14)12(10)15-7-9(18)8-17-6-2-5-16-17/h1-6,9,15,18H,7-8H2. The minimum atomic E-state index is -0.496. The highest BCUT2D eigenvalue weighted by Gasteiger charge is 2.08. The fourth-order valence-corrected chi connectivity index (χ4v) is 2.85. The molecule has 0 bridgehead atoms. The van der Waals surface area contributed by atoms with Crippen molar-refractivity contribution in [3.8, 4) is 0 Å². The lowest BCUT2D eigenvalue weighted by Crippen LogP contribution is -2.25. The van der Waals surface area contributed by atoms with E-state index in [2.05, 4.69) is 42.3 Å². The Labute approximate surface area is 122 Å². The first kappa shape index (κ1) is 13.6. The number of hydrogen-bond donors (Lipinski definition) is 2. The predicted octanol–water partition coefficient (Wildman–Crippen LogP) is 2.88.